The molecule has 0 spiro atoms. The van der Waals surface area contributed by atoms with Crippen LogP contribution in [0.2, 0.25) is 0 Å². The molecule has 212 valence electrons. The van der Waals surface area contributed by atoms with Crippen LogP contribution in [-0.4, -0.2) is 73.6 Å². The number of amides is 1. The van der Waals surface area contributed by atoms with Gasteiger partial charge in [0.25, 0.3) is 0 Å². The summed E-state index contributed by atoms with van der Waals surface area (Å²) >= 11 is 0. The van der Waals surface area contributed by atoms with Crippen LogP contribution in [0.4, 0.5) is 32.2 Å². The van der Waals surface area contributed by atoms with Crippen LogP contribution >= 0.6 is 0 Å². The van der Waals surface area contributed by atoms with Gasteiger partial charge >= 0.3 is 12.4 Å². The molecule has 5 rings (SSSR count). The molecule has 38 heavy (non-hydrogen) atoms. The molecule has 1 aromatic rings. The van der Waals surface area contributed by atoms with E-state index in [0.29, 0.717) is 32.5 Å². The van der Waals surface area contributed by atoms with Gasteiger partial charge in [-0.15, -0.1) is 0 Å². The molecule has 3 aliphatic heterocycles. The van der Waals surface area contributed by atoms with E-state index in [1.54, 1.807) is 16.9 Å². The number of anilines is 1. The standard InChI is InChI=1S/C26H33F6N3O3/c1-37-21-14-38-7-4-17(21)8-16-2-5-24(11-16,15-25(27,28)29)23(36)35-13-19-10-20(35)12-34(19)22-9-18(3-6-33-22)26(30,31)32/h3,6,9,16-17,19-21H,2,4-5,7-8,10-15H2,1H3/t16-,17+,19+,20+,21+,24-/m0/s1. The van der Waals surface area contributed by atoms with E-state index in [9.17, 15) is 31.1 Å². The van der Waals surface area contributed by atoms with Gasteiger partial charge in [0, 0.05) is 33.0 Å². The maximum absolute atomic E-state index is 13.8. The summed E-state index contributed by atoms with van der Waals surface area (Å²) in [5.74, 6) is -0.106. The van der Waals surface area contributed by atoms with E-state index in [4.69, 9.17) is 9.47 Å². The number of aromatic nitrogens is 1. The second kappa shape index (κ2) is 10.1. The van der Waals surface area contributed by atoms with Gasteiger partial charge < -0.3 is 19.3 Å². The Kier molecular flexibility index (Phi) is 7.34. The number of carbonyl (C=O) groups is 1. The molecule has 3 saturated heterocycles. The van der Waals surface area contributed by atoms with E-state index in [2.05, 4.69) is 4.98 Å². The quantitative estimate of drug-likeness (QED) is 0.464. The van der Waals surface area contributed by atoms with Gasteiger partial charge in [0.15, 0.2) is 0 Å². The third-order valence-electron chi connectivity index (χ3n) is 8.95. The van der Waals surface area contributed by atoms with E-state index in [1.807, 2.05) is 0 Å². The molecule has 12 heteroatoms. The lowest BCUT2D eigenvalue weighted by Gasteiger charge is -2.40. The SMILES string of the molecule is CO[C@@H]1COCC[C@@H]1C[C@@H]1CC[C@](CC(F)(F)F)(C(=O)N2C[C@H]3C[C@@H]2CN3c2cc(C(F)(F)F)ccn2)C1. The van der Waals surface area contributed by atoms with Crippen molar-refractivity contribution in [2.24, 2.45) is 17.3 Å². The zero-order valence-electron chi connectivity index (χ0n) is 21.2. The molecule has 2 bridgehead atoms. The fraction of sp³-hybridized carbons (Fsp3) is 0.769. The molecule has 6 nitrogen and oxygen atoms in total. The smallest absolute Gasteiger partial charge is 0.379 e. The maximum atomic E-state index is 13.8. The molecule has 1 aromatic heterocycles. The molecule has 6 atom stereocenters. The largest absolute Gasteiger partial charge is 0.416 e. The zero-order valence-corrected chi connectivity index (χ0v) is 21.2. The molecule has 1 saturated carbocycles. The summed E-state index contributed by atoms with van der Waals surface area (Å²) in [5.41, 5.74) is -2.31. The number of halogens is 6. The lowest BCUT2D eigenvalue weighted by Crippen LogP contribution is -2.54. The Morgan fingerprint density at radius 1 is 1.18 bits per heavy atom. The molecular formula is C26H33F6N3O3. The predicted molar refractivity (Wildman–Crippen MR) is 125 cm³/mol. The molecule has 1 amide bonds. The number of methoxy groups -OCH3 is 1. The number of alkyl halides is 6. The number of hydrogen-bond donors (Lipinski definition) is 0. The zero-order chi connectivity index (χ0) is 27.3. The van der Waals surface area contributed by atoms with E-state index in [-0.39, 0.29) is 61.8 Å². The molecular weight excluding hydrogens is 516 g/mol. The molecule has 4 heterocycles. The first-order valence-electron chi connectivity index (χ1n) is 13.2. The Hall–Kier alpha value is -2.08. The van der Waals surface area contributed by atoms with Crippen molar-refractivity contribution in [2.75, 3.05) is 38.3 Å². The molecule has 0 N–H and O–H groups in total. The molecule has 0 aromatic carbocycles. The maximum Gasteiger partial charge on any atom is 0.416 e. The Labute approximate surface area is 217 Å². The highest BCUT2D eigenvalue weighted by Gasteiger charge is 2.57. The van der Waals surface area contributed by atoms with Crippen LogP contribution in [0.5, 0.6) is 0 Å². The van der Waals surface area contributed by atoms with Crippen LogP contribution in [0.15, 0.2) is 18.3 Å². The lowest BCUT2D eigenvalue weighted by atomic mass is 9.78. The van der Waals surface area contributed by atoms with Crippen LogP contribution < -0.4 is 4.90 Å². The number of rotatable bonds is 6. The minimum atomic E-state index is -4.50. The molecule has 4 aliphatic rings. The topological polar surface area (TPSA) is 54.9 Å². The Balaban J connectivity index is 1.29. The van der Waals surface area contributed by atoms with Crippen molar-refractivity contribution < 1.29 is 40.6 Å². The van der Waals surface area contributed by atoms with Crippen molar-refractivity contribution in [1.82, 2.24) is 9.88 Å². The Morgan fingerprint density at radius 2 is 1.97 bits per heavy atom. The number of likely N-dealkylation sites (tertiary alicyclic amines) is 1. The molecule has 4 fully saturated rings. The van der Waals surface area contributed by atoms with Gasteiger partial charge in [-0.2, -0.15) is 26.3 Å². The van der Waals surface area contributed by atoms with Crippen molar-refractivity contribution in [3.05, 3.63) is 23.9 Å². The summed E-state index contributed by atoms with van der Waals surface area (Å²) in [6, 6.07) is 1.27. The lowest BCUT2D eigenvalue weighted by molar-refractivity contribution is -0.175. The van der Waals surface area contributed by atoms with E-state index >= 15 is 0 Å². The molecule has 1 aliphatic carbocycles. The summed E-state index contributed by atoms with van der Waals surface area (Å²) in [6.07, 6.45) is -6.21. The highest BCUT2D eigenvalue weighted by molar-refractivity contribution is 5.84. The third-order valence-corrected chi connectivity index (χ3v) is 8.95. The van der Waals surface area contributed by atoms with Gasteiger partial charge in [0.2, 0.25) is 5.91 Å². The predicted octanol–water partition coefficient (Wildman–Crippen LogP) is 5.07. The highest BCUT2D eigenvalue weighted by Crippen LogP contribution is 2.53. The summed E-state index contributed by atoms with van der Waals surface area (Å²) in [4.78, 5) is 21.2. The minimum absolute atomic E-state index is 0.00681. The Morgan fingerprint density at radius 3 is 2.63 bits per heavy atom. The van der Waals surface area contributed by atoms with Crippen LogP contribution in [0, 0.1) is 17.3 Å². The monoisotopic (exact) mass is 549 g/mol. The first-order chi connectivity index (χ1) is 17.9. The van der Waals surface area contributed by atoms with Crippen molar-refractivity contribution in [2.45, 2.75) is 75.5 Å². The van der Waals surface area contributed by atoms with Gasteiger partial charge in [-0.3, -0.25) is 4.79 Å². The second-order valence-corrected chi connectivity index (χ2v) is 11.4. The van der Waals surface area contributed by atoms with E-state index in [1.165, 1.54) is 0 Å². The fourth-order valence-electron chi connectivity index (χ4n) is 7.22. The Bertz CT molecular complexity index is 1020. The summed E-state index contributed by atoms with van der Waals surface area (Å²) in [7, 11) is 1.61. The first-order valence-corrected chi connectivity index (χ1v) is 13.2. The number of nitrogens with zero attached hydrogens (tertiary/aromatic N) is 3. The number of piperazine rings is 1. The van der Waals surface area contributed by atoms with Crippen molar-refractivity contribution in [3.63, 3.8) is 0 Å². The fourth-order valence-corrected chi connectivity index (χ4v) is 7.22. The average molecular weight is 550 g/mol. The normalized spacial score (nSPS) is 33.8. The summed E-state index contributed by atoms with van der Waals surface area (Å²) < 4.78 is 91.9. The van der Waals surface area contributed by atoms with Gasteiger partial charge in [0.1, 0.15) is 5.82 Å². The van der Waals surface area contributed by atoms with Crippen LogP contribution in [-0.2, 0) is 20.4 Å². The highest BCUT2D eigenvalue weighted by atomic mass is 19.4. The van der Waals surface area contributed by atoms with Crippen LogP contribution in [0.25, 0.3) is 0 Å². The number of ether oxygens (including phenoxy) is 2. The number of pyridine rings is 1. The average Bonchev–Trinajstić information content (AvgIpc) is 3.58. The first kappa shape index (κ1) is 27.5. The van der Waals surface area contributed by atoms with Crippen molar-refractivity contribution in [1.29, 1.82) is 0 Å². The second-order valence-electron chi connectivity index (χ2n) is 11.4. The van der Waals surface area contributed by atoms with Crippen LogP contribution in [0.1, 0.15) is 50.5 Å². The van der Waals surface area contributed by atoms with E-state index < -0.39 is 35.7 Å². The molecule has 0 unspecified atom stereocenters. The minimum Gasteiger partial charge on any atom is -0.379 e. The van der Waals surface area contributed by atoms with Crippen LogP contribution in [0.3, 0.4) is 0 Å². The third kappa shape index (κ3) is 5.48. The molecule has 0 radical (unpaired) electrons. The van der Waals surface area contributed by atoms with Gasteiger partial charge in [-0.25, -0.2) is 4.98 Å². The van der Waals surface area contributed by atoms with Gasteiger partial charge in [-0.05, 0) is 62.5 Å². The van der Waals surface area contributed by atoms with Gasteiger partial charge in [0.05, 0.1) is 42.2 Å². The summed E-state index contributed by atoms with van der Waals surface area (Å²) in [5, 5.41) is 0. The van der Waals surface area contributed by atoms with Gasteiger partial charge in [-0.1, -0.05) is 0 Å². The van der Waals surface area contributed by atoms with E-state index in [0.717, 1.165) is 24.8 Å². The van der Waals surface area contributed by atoms with Crippen molar-refractivity contribution >= 4 is 11.7 Å². The number of fused-ring (bicyclic) bond motifs is 2. The van der Waals surface area contributed by atoms with Crippen molar-refractivity contribution in [3.8, 4) is 0 Å². The summed E-state index contributed by atoms with van der Waals surface area (Å²) in [6.45, 7) is 1.51. The number of carbonyl (C=O) groups excluding carboxylic acids is 1. The number of hydrogen-bond acceptors (Lipinski definition) is 5.